The smallest absolute Gasteiger partial charge is 0.317 e. The molecule has 0 unspecified atom stereocenters. The van der Waals surface area contributed by atoms with Crippen molar-refractivity contribution in [1.82, 2.24) is 10.2 Å². The van der Waals surface area contributed by atoms with Crippen molar-refractivity contribution < 1.29 is 4.79 Å². The first kappa shape index (κ1) is 12.8. The van der Waals surface area contributed by atoms with Crippen LogP contribution in [0.4, 0.5) is 4.79 Å². The van der Waals surface area contributed by atoms with E-state index in [0.29, 0.717) is 0 Å². The van der Waals surface area contributed by atoms with E-state index in [9.17, 15) is 4.79 Å². The molecular formula is C9H19BrN2O. The molecule has 0 rings (SSSR count). The van der Waals surface area contributed by atoms with E-state index in [1.807, 2.05) is 27.8 Å². The van der Waals surface area contributed by atoms with Crippen LogP contribution in [0.2, 0.25) is 0 Å². The van der Waals surface area contributed by atoms with Crippen LogP contribution in [0.25, 0.3) is 0 Å². The second kappa shape index (κ2) is 5.47. The summed E-state index contributed by atoms with van der Waals surface area (Å²) in [5.74, 6) is 0. The van der Waals surface area contributed by atoms with Gasteiger partial charge in [-0.2, -0.15) is 0 Å². The molecule has 0 bridgehead atoms. The Morgan fingerprint density at radius 1 is 1.46 bits per heavy atom. The summed E-state index contributed by atoms with van der Waals surface area (Å²) in [5.41, 5.74) is -0.153. The summed E-state index contributed by atoms with van der Waals surface area (Å²) in [4.78, 5) is 13.2. The molecule has 4 heteroatoms. The van der Waals surface area contributed by atoms with E-state index in [1.165, 1.54) is 0 Å². The molecule has 0 radical (unpaired) electrons. The number of hydrogen-bond acceptors (Lipinski definition) is 1. The second-order valence-electron chi connectivity index (χ2n) is 4.14. The molecule has 0 aromatic heterocycles. The Morgan fingerprint density at radius 2 is 2.00 bits per heavy atom. The van der Waals surface area contributed by atoms with Gasteiger partial charge in [-0.25, -0.2) is 4.79 Å². The van der Waals surface area contributed by atoms with Crippen molar-refractivity contribution in [3.8, 4) is 0 Å². The minimum atomic E-state index is -0.153. The molecule has 2 amide bonds. The molecule has 0 saturated heterocycles. The summed E-state index contributed by atoms with van der Waals surface area (Å²) in [7, 11) is 1.81. The maximum Gasteiger partial charge on any atom is 0.317 e. The number of hydrogen-bond donors (Lipinski definition) is 1. The quantitative estimate of drug-likeness (QED) is 0.766. The number of carbonyl (C=O) groups is 1. The fraction of sp³-hybridized carbons (Fsp3) is 0.889. The average Bonchev–Trinajstić information content (AvgIpc) is 1.96. The van der Waals surface area contributed by atoms with Gasteiger partial charge in [0, 0.05) is 24.5 Å². The van der Waals surface area contributed by atoms with Gasteiger partial charge in [0.15, 0.2) is 0 Å². The molecule has 0 spiro atoms. The van der Waals surface area contributed by atoms with Gasteiger partial charge in [-0.1, -0.05) is 15.9 Å². The Hall–Kier alpha value is -0.250. The molecule has 0 heterocycles. The largest absolute Gasteiger partial charge is 0.333 e. The molecule has 78 valence electrons. The van der Waals surface area contributed by atoms with E-state index in [-0.39, 0.29) is 11.6 Å². The Bertz CT molecular complexity index is 165. The summed E-state index contributed by atoms with van der Waals surface area (Å²) in [6.45, 7) is 6.71. The minimum absolute atomic E-state index is 0.00606. The van der Waals surface area contributed by atoms with Crippen LogP contribution in [0, 0.1) is 0 Å². The van der Waals surface area contributed by atoms with Gasteiger partial charge in [0.2, 0.25) is 0 Å². The van der Waals surface area contributed by atoms with E-state index in [0.717, 1.165) is 18.3 Å². The summed E-state index contributed by atoms with van der Waals surface area (Å²) in [6.07, 6.45) is 0.980. The van der Waals surface area contributed by atoms with E-state index in [4.69, 9.17) is 0 Å². The first-order valence-electron chi connectivity index (χ1n) is 4.46. The molecule has 3 nitrogen and oxygen atoms in total. The lowest BCUT2D eigenvalue weighted by atomic mass is 10.1. The average molecular weight is 251 g/mol. The monoisotopic (exact) mass is 250 g/mol. The van der Waals surface area contributed by atoms with E-state index in [2.05, 4.69) is 21.2 Å². The Morgan fingerprint density at radius 3 is 2.38 bits per heavy atom. The Kier molecular flexibility index (Phi) is 5.37. The van der Waals surface area contributed by atoms with Crippen LogP contribution in [0.5, 0.6) is 0 Å². The topological polar surface area (TPSA) is 32.3 Å². The van der Waals surface area contributed by atoms with Gasteiger partial charge < -0.3 is 10.2 Å². The van der Waals surface area contributed by atoms with Gasteiger partial charge in [-0.15, -0.1) is 0 Å². The van der Waals surface area contributed by atoms with Crippen LogP contribution < -0.4 is 5.32 Å². The number of urea groups is 1. The molecule has 13 heavy (non-hydrogen) atoms. The number of amides is 2. The third-order valence-corrected chi connectivity index (χ3v) is 2.02. The molecule has 0 fully saturated rings. The molecule has 0 aliphatic carbocycles. The van der Waals surface area contributed by atoms with Gasteiger partial charge >= 0.3 is 6.03 Å². The summed E-state index contributed by atoms with van der Waals surface area (Å²) < 4.78 is 0. The molecular weight excluding hydrogens is 232 g/mol. The van der Waals surface area contributed by atoms with Crippen molar-refractivity contribution in [3.05, 3.63) is 0 Å². The molecule has 0 atom stereocenters. The van der Waals surface area contributed by atoms with E-state index >= 15 is 0 Å². The maximum atomic E-state index is 11.5. The first-order valence-corrected chi connectivity index (χ1v) is 5.58. The number of rotatable bonds is 3. The van der Waals surface area contributed by atoms with Crippen molar-refractivity contribution in [2.24, 2.45) is 0 Å². The van der Waals surface area contributed by atoms with Gasteiger partial charge in [0.25, 0.3) is 0 Å². The Balaban J connectivity index is 3.83. The number of nitrogens with one attached hydrogen (secondary N) is 1. The van der Waals surface area contributed by atoms with Crippen LogP contribution >= 0.6 is 15.9 Å². The zero-order valence-corrected chi connectivity index (χ0v) is 10.4. The molecule has 0 aromatic carbocycles. The van der Waals surface area contributed by atoms with E-state index < -0.39 is 0 Å². The minimum Gasteiger partial charge on any atom is -0.333 e. The maximum absolute atomic E-state index is 11.5. The molecule has 0 saturated carbocycles. The second-order valence-corrected chi connectivity index (χ2v) is 4.94. The summed E-state index contributed by atoms with van der Waals surface area (Å²) in [5, 5.41) is 3.83. The highest BCUT2D eigenvalue weighted by Gasteiger charge is 2.16. The van der Waals surface area contributed by atoms with Crippen LogP contribution in [-0.4, -0.2) is 35.4 Å². The lowest BCUT2D eigenvalue weighted by Gasteiger charge is -2.25. The fourth-order valence-corrected chi connectivity index (χ4v) is 1.07. The van der Waals surface area contributed by atoms with Crippen LogP contribution in [-0.2, 0) is 0 Å². The molecule has 0 aliphatic heterocycles. The van der Waals surface area contributed by atoms with E-state index in [1.54, 1.807) is 4.90 Å². The summed E-state index contributed by atoms with van der Waals surface area (Å²) in [6, 6.07) is -0.00606. The standard InChI is InChI=1S/C9H19BrN2O/c1-9(2,3)11-8(13)12(4)7-5-6-10/h5-7H2,1-4H3,(H,11,13). The fourth-order valence-electron chi connectivity index (χ4n) is 0.815. The number of nitrogens with zero attached hydrogens (tertiary/aromatic N) is 1. The van der Waals surface area contributed by atoms with Crippen molar-refractivity contribution in [2.45, 2.75) is 32.7 Å². The van der Waals surface area contributed by atoms with Crippen LogP contribution in [0.3, 0.4) is 0 Å². The van der Waals surface area contributed by atoms with Crippen molar-refractivity contribution >= 4 is 22.0 Å². The highest BCUT2D eigenvalue weighted by Crippen LogP contribution is 2.00. The van der Waals surface area contributed by atoms with Crippen LogP contribution in [0.15, 0.2) is 0 Å². The SMILES string of the molecule is CN(CCCBr)C(=O)NC(C)(C)C. The third kappa shape index (κ3) is 6.87. The van der Waals surface area contributed by atoms with Gasteiger partial charge in [-0.05, 0) is 27.2 Å². The molecule has 1 N–H and O–H groups in total. The summed E-state index contributed by atoms with van der Waals surface area (Å²) >= 11 is 3.33. The van der Waals surface area contributed by atoms with Crippen molar-refractivity contribution in [2.75, 3.05) is 18.9 Å². The van der Waals surface area contributed by atoms with Crippen molar-refractivity contribution in [3.63, 3.8) is 0 Å². The third-order valence-electron chi connectivity index (χ3n) is 1.46. The van der Waals surface area contributed by atoms with Crippen LogP contribution in [0.1, 0.15) is 27.2 Å². The lowest BCUT2D eigenvalue weighted by molar-refractivity contribution is 0.199. The van der Waals surface area contributed by atoms with Gasteiger partial charge in [0.05, 0.1) is 0 Å². The first-order chi connectivity index (χ1) is 5.87. The number of alkyl halides is 1. The molecule has 0 aliphatic rings. The number of carbonyl (C=O) groups excluding carboxylic acids is 1. The van der Waals surface area contributed by atoms with Gasteiger partial charge in [0.1, 0.15) is 0 Å². The number of halogens is 1. The molecule has 0 aromatic rings. The zero-order chi connectivity index (χ0) is 10.5. The predicted octanol–water partition coefficient (Wildman–Crippen LogP) is 2.21. The lowest BCUT2D eigenvalue weighted by Crippen LogP contribution is -2.47. The Labute approximate surface area is 89.0 Å². The zero-order valence-electron chi connectivity index (χ0n) is 8.85. The highest BCUT2D eigenvalue weighted by atomic mass is 79.9. The normalized spacial score (nSPS) is 11.2. The van der Waals surface area contributed by atoms with Crippen molar-refractivity contribution in [1.29, 1.82) is 0 Å². The highest BCUT2D eigenvalue weighted by molar-refractivity contribution is 9.09. The van der Waals surface area contributed by atoms with Gasteiger partial charge in [-0.3, -0.25) is 0 Å². The predicted molar refractivity (Wildman–Crippen MR) is 59.3 cm³/mol.